The van der Waals surface area contributed by atoms with Gasteiger partial charge in [-0.1, -0.05) is 302 Å². The van der Waals surface area contributed by atoms with E-state index in [1.807, 2.05) is 157 Å². The third-order valence-corrected chi connectivity index (χ3v) is 15.3. The van der Waals surface area contributed by atoms with Gasteiger partial charge in [0.15, 0.2) is 17.6 Å². The number of oxazole rings is 2. The van der Waals surface area contributed by atoms with Gasteiger partial charge in [0, 0.05) is 79.8 Å². The van der Waals surface area contributed by atoms with Crippen LogP contribution in [0, 0.1) is 31.6 Å². The van der Waals surface area contributed by atoms with E-state index in [1.54, 1.807) is 83.4 Å². The van der Waals surface area contributed by atoms with Gasteiger partial charge in [0.05, 0.1) is 43.1 Å². The molecule has 11 aromatic rings. The summed E-state index contributed by atoms with van der Waals surface area (Å²) in [5, 5.41) is 13.6. The summed E-state index contributed by atoms with van der Waals surface area (Å²) >= 11 is 6.86. The summed E-state index contributed by atoms with van der Waals surface area (Å²) in [5.41, 5.74) is 6.05. The summed E-state index contributed by atoms with van der Waals surface area (Å²) in [6.45, 7) is 81.6. The maximum absolute atomic E-state index is 5.09. The van der Waals surface area contributed by atoms with Gasteiger partial charge in [-0.15, -0.1) is 34.0 Å². The van der Waals surface area contributed by atoms with Crippen LogP contribution in [0.3, 0.4) is 0 Å². The van der Waals surface area contributed by atoms with Gasteiger partial charge in [0.1, 0.15) is 27.9 Å². The standard InChI is InChI=1S/C13H15N.C11H13NS.C10H12N2S.C7H12N2O.C7H11NO.C7H11NS.2C5H12.C4H5NO.C4H5NS.5C2H6/c1-13(2,3)12-9-8-10-6-4-5-7-11(10)14-12;1-11(2,3)10-12-8-6-4-5-7-9(8)13-10;1-10(2,3)9-12-7-5-4-6-11-8(7)13-9;1-5-8-6(10-9-5)7(2,3)4;2*1-7(2,3)6-8-4-5-9-6;2*1-5(2,3)4;2*1-4-5-2-3-6-4;5*1-2/h4-9H,1-3H3;4-7H,1-3H3;4-6H,1-3H3;1-4H3;2*4-5H,1-3H3;2*1-4H3;2*2-3H,1H3;5*1-2H3. The minimum atomic E-state index is -0.0265. The first-order valence-corrected chi connectivity index (χ1v) is 38.9. The molecule has 0 radical (unpaired) electrons. The summed E-state index contributed by atoms with van der Waals surface area (Å²) < 4.78 is 16.1. The highest BCUT2D eigenvalue weighted by atomic mass is 32.1. The highest BCUT2D eigenvalue weighted by Crippen LogP contribution is 2.32. The zero-order valence-corrected chi connectivity index (χ0v) is 73.2. The van der Waals surface area contributed by atoms with Gasteiger partial charge >= 0.3 is 0 Å². The summed E-state index contributed by atoms with van der Waals surface area (Å²) in [6.07, 6.45) is 11.9. The number of hydrogen-bond donors (Lipinski definition) is 0. The maximum atomic E-state index is 5.09. The molecule has 100 heavy (non-hydrogen) atoms. The van der Waals surface area contributed by atoms with Crippen LogP contribution in [0.25, 0.3) is 31.5 Å². The van der Waals surface area contributed by atoms with Crippen molar-refractivity contribution in [2.24, 2.45) is 10.8 Å². The van der Waals surface area contributed by atoms with E-state index in [-0.39, 0.29) is 32.5 Å². The number of aryl methyl sites for hydroxylation is 3. The van der Waals surface area contributed by atoms with E-state index in [4.69, 9.17) is 13.4 Å². The molecule has 0 aliphatic heterocycles. The number of pyridine rings is 2. The Kier molecular flexibility index (Phi) is 50.0. The van der Waals surface area contributed by atoms with E-state index >= 15 is 0 Å². The lowest BCUT2D eigenvalue weighted by Crippen LogP contribution is -2.13. The molecule has 2 aromatic carbocycles. The van der Waals surface area contributed by atoms with Gasteiger partial charge in [-0.05, 0) is 61.1 Å². The first kappa shape index (κ1) is 100.0. The van der Waals surface area contributed by atoms with Crippen LogP contribution in [0.1, 0.15) is 298 Å². The molecule has 0 fully saturated rings. The fourth-order valence-corrected chi connectivity index (χ4v) is 9.30. The maximum Gasteiger partial charge on any atom is 0.232 e. The van der Waals surface area contributed by atoms with E-state index in [2.05, 4.69) is 252 Å². The Labute approximate surface area is 625 Å². The van der Waals surface area contributed by atoms with Crippen molar-refractivity contribution in [3.8, 4) is 0 Å². The summed E-state index contributed by atoms with van der Waals surface area (Å²) in [6, 6.07) is 24.7. The van der Waals surface area contributed by atoms with Crippen LogP contribution in [0.15, 0.2) is 140 Å². The number of para-hydroxylation sites is 2. The molecule has 0 saturated heterocycles. The molecule has 0 saturated carbocycles. The van der Waals surface area contributed by atoms with Gasteiger partial charge in [0.25, 0.3) is 0 Å². The quantitative estimate of drug-likeness (QED) is 0.141. The van der Waals surface area contributed by atoms with Crippen LogP contribution in [-0.4, -0.2) is 50.0 Å². The molecule has 0 aliphatic rings. The lowest BCUT2D eigenvalue weighted by atomic mass is 9.91. The second-order valence-corrected chi connectivity index (χ2v) is 34.6. The predicted molar refractivity (Wildman–Crippen MR) is 444 cm³/mol. The van der Waals surface area contributed by atoms with Crippen LogP contribution in [0.4, 0.5) is 0 Å². The van der Waals surface area contributed by atoms with Gasteiger partial charge < -0.3 is 13.4 Å². The molecule has 0 aliphatic carbocycles. The number of hydrogen-bond acceptors (Lipinski definition) is 17. The van der Waals surface area contributed by atoms with Gasteiger partial charge in [0.2, 0.25) is 5.89 Å². The zero-order chi connectivity index (χ0) is 78.5. The van der Waals surface area contributed by atoms with Gasteiger partial charge in [-0.2, -0.15) is 4.98 Å². The molecule has 0 N–H and O–H groups in total. The molecule has 0 atom stereocenters. The highest BCUT2D eigenvalue weighted by Gasteiger charge is 2.22. The monoisotopic (exact) mass is 1450 g/mol. The molecule has 562 valence electrons. The van der Waals surface area contributed by atoms with E-state index in [9.17, 15) is 0 Å². The minimum absolute atomic E-state index is 0.0265. The smallest absolute Gasteiger partial charge is 0.232 e. The molecule has 0 bridgehead atoms. The van der Waals surface area contributed by atoms with Crippen molar-refractivity contribution in [1.29, 1.82) is 0 Å². The third kappa shape index (κ3) is 48.4. The predicted octanol–water partition coefficient (Wildman–Crippen LogP) is 27.9. The van der Waals surface area contributed by atoms with Crippen LogP contribution < -0.4 is 0 Å². The Bertz CT molecular complexity index is 3390. The molecule has 11 rings (SSSR count). The average molecular weight is 1450 g/mol. The normalized spacial score (nSPS) is 10.8. The third-order valence-electron chi connectivity index (χ3n) is 10.5. The van der Waals surface area contributed by atoms with Crippen molar-refractivity contribution in [3.05, 3.63) is 176 Å². The first-order chi connectivity index (χ1) is 46.2. The number of aromatic nitrogens is 10. The minimum Gasteiger partial charge on any atom is -0.449 e. The first-order valence-electron chi connectivity index (χ1n) is 35.5. The molecule has 9 aromatic heterocycles. The van der Waals surface area contributed by atoms with Crippen LogP contribution in [-0.2, 0) is 32.5 Å². The van der Waals surface area contributed by atoms with Crippen LogP contribution >= 0.6 is 45.3 Å². The molecule has 0 amide bonds. The van der Waals surface area contributed by atoms with Gasteiger partial charge in [-0.25, -0.2) is 29.9 Å². The molecular weight excluding hydrogens is 1310 g/mol. The average Bonchev–Trinajstić information content (AvgIpc) is 1.35. The lowest BCUT2D eigenvalue weighted by Gasteiger charge is -2.17. The number of thiazole rings is 4. The fraction of sp³-hybridized carbons (Fsp3) is 0.566. The van der Waals surface area contributed by atoms with E-state index < -0.39 is 0 Å². The summed E-state index contributed by atoms with van der Waals surface area (Å²) in [5.74, 6) is 2.91. The van der Waals surface area contributed by atoms with E-state index in [0.29, 0.717) is 22.5 Å². The van der Waals surface area contributed by atoms with E-state index in [1.165, 1.54) is 20.1 Å². The number of benzene rings is 2. The second kappa shape index (κ2) is 50.0. The molecule has 0 unspecified atom stereocenters. The van der Waals surface area contributed by atoms with Crippen molar-refractivity contribution in [2.75, 3.05) is 0 Å². The van der Waals surface area contributed by atoms with Crippen LogP contribution in [0.2, 0.25) is 0 Å². The van der Waals surface area contributed by atoms with Crippen molar-refractivity contribution in [1.82, 2.24) is 50.0 Å². The number of nitrogens with zero attached hydrogens (tertiary/aromatic N) is 10. The Hall–Kier alpha value is -6.40. The largest absolute Gasteiger partial charge is 0.449 e. The Morgan fingerprint density at radius 1 is 0.340 bits per heavy atom. The van der Waals surface area contributed by atoms with Gasteiger partial charge in [-0.3, -0.25) is 9.97 Å². The number of rotatable bonds is 0. The Balaban J connectivity index is -0.000000513. The SMILES string of the molecule is CC.CC.CC.CC.CC.CC(C)(C)C.CC(C)(C)C.CC(C)(C)c1ccc2ccccc2n1.CC(C)(C)c1nc2ccccc2s1.CC(C)(C)c1nc2cccnc2s1.CC(C)(C)c1ncco1.CC(C)(C)c1nccs1.Cc1ncco1.Cc1nccs1.Cc1noc(C(C)(C)C)n1. The fourth-order valence-electron chi connectivity index (χ4n) is 6.15. The van der Waals surface area contributed by atoms with Crippen molar-refractivity contribution < 1.29 is 13.4 Å². The molecule has 17 heteroatoms. The Morgan fingerprint density at radius 3 is 1.12 bits per heavy atom. The second-order valence-electron chi connectivity index (χ2n) is 30.6. The van der Waals surface area contributed by atoms with Crippen molar-refractivity contribution >= 4 is 76.8 Å². The van der Waals surface area contributed by atoms with Crippen LogP contribution in [0.5, 0.6) is 0 Å². The summed E-state index contributed by atoms with van der Waals surface area (Å²) in [7, 11) is 0. The topological polar surface area (TPSA) is 168 Å². The molecule has 13 nitrogen and oxygen atoms in total. The van der Waals surface area contributed by atoms with E-state index in [0.717, 1.165) is 48.9 Å². The molecular formula is C83H138N10O3S4. The molecule has 0 spiro atoms. The van der Waals surface area contributed by atoms with Crippen molar-refractivity contribution in [3.63, 3.8) is 0 Å². The highest BCUT2D eigenvalue weighted by molar-refractivity contribution is 7.18. The summed E-state index contributed by atoms with van der Waals surface area (Å²) in [4.78, 5) is 39.1. The number of fused-ring (bicyclic) bond motifs is 3. The van der Waals surface area contributed by atoms with Crippen molar-refractivity contribution in [2.45, 2.75) is 303 Å². The lowest BCUT2D eigenvalue weighted by molar-refractivity contribution is 0.319. The Morgan fingerprint density at radius 2 is 0.790 bits per heavy atom. The molecule has 9 heterocycles. The zero-order valence-electron chi connectivity index (χ0n) is 70.0.